The molecule has 0 spiro atoms. The van der Waals surface area contributed by atoms with Gasteiger partial charge < -0.3 is 20.1 Å². The third-order valence-electron chi connectivity index (χ3n) is 5.99. The molecular weight excluding hydrogens is 540 g/mol. The van der Waals surface area contributed by atoms with Crippen LogP contribution in [0.2, 0.25) is 0 Å². The Morgan fingerprint density at radius 2 is 1.67 bits per heavy atom. The number of hydrogen-bond acceptors (Lipinski definition) is 9. The molecule has 0 aliphatic carbocycles. The molecule has 1 aromatic heterocycles. The lowest BCUT2D eigenvalue weighted by Gasteiger charge is -2.16. The third-order valence-corrected chi connectivity index (χ3v) is 5.99. The summed E-state index contributed by atoms with van der Waals surface area (Å²) in [6.07, 6.45) is 7.23. The molecule has 9 heteroatoms. The second kappa shape index (κ2) is 21.6. The molecule has 0 aliphatic heterocycles. The Bertz CT molecular complexity index is 1330. The largest absolute Gasteiger partial charge is 0.467 e. The first kappa shape index (κ1) is 36.0. The van der Waals surface area contributed by atoms with Gasteiger partial charge in [-0.05, 0) is 82.6 Å². The van der Waals surface area contributed by atoms with E-state index in [4.69, 9.17) is 15.8 Å². The maximum absolute atomic E-state index is 9.75. The summed E-state index contributed by atoms with van der Waals surface area (Å²) in [4.78, 5) is 13.8. The molecule has 0 unspecified atom stereocenters. The van der Waals surface area contributed by atoms with Gasteiger partial charge in [0.2, 0.25) is 0 Å². The van der Waals surface area contributed by atoms with E-state index < -0.39 is 0 Å². The van der Waals surface area contributed by atoms with Crippen LogP contribution in [0.3, 0.4) is 0 Å². The smallest absolute Gasteiger partial charge is 0.293 e. The molecule has 3 rings (SSSR count). The topological polar surface area (TPSA) is 126 Å². The van der Waals surface area contributed by atoms with Crippen molar-refractivity contribution in [2.24, 2.45) is 5.84 Å². The molecule has 2 aromatic carbocycles. The Kier molecular flexibility index (Phi) is 18.1. The number of rotatable bonds is 12. The molecule has 4 N–H and O–H groups in total. The highest BCUT2D eigenvalue weighted by Gasteiger charge is 2.00. The van der Waals surface area contributed by atoms with E-state index in [0.29, 0.717) is 25.1 Å². The quantitative estimate of drug-likeness (QED) is 0.0674. The minimum atomic E-state index is 0.403. The monoisotopic (exact) mass is 584 g/mol. The first-order valence-corrected chi connectivity index (χ1v) is 14.0. The maximum atomic E-state index is 9.75. The molecule has 43 heavy (non-hydrogen) atoms. The summed E-state index contributed by atoms with van der Waals surface area (Å²) in [5.41, 5.74) is 5.56. The van der Waals surface area contributed by atoms with E-state index in [0.717, 1.165) is 46.4 Å². The summed E-state index contributed by atoms with van der Waals surface area (Å²) in [6.45, 7) is 10.5. The fourth-order valence-electron chi connectivity index (χ4n) is 3.13. The molecule has 228 valence electrons. The van der Waals surface area contributed by atoms with Crippen molar-refractivity contribution < 1.29 is 14.3 Å². The van der Waals surface area contributed by atoms with Crippen molar-refractivity contribution in [2.45, 2.75) is 47.5 Å². The molecular formula is C34H44N6O3. The molecule has 0 atom stereocenters. The van der Waals surface area contributed by atoms with E-state index in [1.165, 1.54) is 0 Å². The molecule has 0 saturated carbocycles. The SMILES string of the molecule is C/C(C#N)=C(\C)Nc1ccc(Oc2ccccc2)cc1.C/C=C(\C)N(N)/C=C(\CC)NC.O=COCCc1ccccn1. The van der Waals surface area contributed by atoms with Crippen molar-refractivity contribution in [3.63, 3.8) is 0 Å². The summed E-state index contributed by atoms with van der Waals surface area (Å²) in [5, 5.41) is 16.7. The van der Waals surface area contributed by atoms with Gasteiger partial charge in [-0.1, -0.05) is 37.3 Å². The van der Waals surface area contributed by atoms with Crippen LogP contribution in [0.25, 0.3) is 0 Å². The number of ether oxygens (including phenoxy) is 2. The van der Waals surface area contributed by atoms with E-state index in [1.54, 1.807) is 18.1 Å². The third kappa shape index (κ3) is 15.5. The van der Waals surface area contributed by atoms with Gasteiger partial charge in [0.25, 0.3) is 6.47 Å². The normalized spacial score (nSPS) is 11.2. The van der Waals surface area contributed by atoms with Crippen molar-refractivity contribution >= 4 is 12.2 Å². The molecule has 1 heterocycles. The average Bonchev–Trinajstić information content (AvgIpc) is 3.05. The number of hydrogen-bond donors (Lipinski definition) is 3. The highest BCUT2D eigenvalue weighted by atomic mass is 16.5. The summed E-state index contributed by atoms with van der Waals surface area (Å²) in [7, 11) is 1.90. The van der Waals surface area contributed by atoms with Gasteiger partial charge in [-0.3, -0.25) is 14.8 Å². The fraction of sp³-hybridized carbons (Fsp3) is 0.265. The fourth-order valence-corrected chi connectivity index (χ4v) is 3.13. The minimum Gasteiger partial charge on any atom is -0.467 e. The van der Waals surface area contributed by atoms with E-state index in [1.807, 2.05) is 113 Å². The summed E-state index contributed by atoms with van der Waals surface area (Å²) >= 11 is 0. The lowest BCUT2D eigenvalue weighted by Crippen LogP contribution is -2.25. The van der Waals surface area contributed by atoms with Crippen LogP contribution in [0.1, 0.15) is 46.7 Å². The number of hydrazine groups is 1. The highest BCUT2D eigenvalue weighted by molar-refractivity contribution is 5.52. The maximum Gasteiger partial charge on any atom is 0.293 e. The zero-order valence-electron chi connectivity index (χ0n) is 26.0. The van der Waals surface area contributed by atoms with E-state index in [2.05, 4.69) is 33.3 Å². The molecule has 0 aliphatic rings. The standard InChI is InChI=1S/C17H16N2O.C9H19N3.C8H9NO2/c1-13(12-18)14(2)19-15-8-10-17(11-9-15)20-16-6-4-3-5-7-16;1-5-8(3)12(10)7-9(6-2)11-4;10-7-11-6-4-8-3-1-2-5-9-8/h3-11,19H,1-2H3;5,7,11H,6,10H2,1-4H3;1-3,5,7H,4,6H2/b14-13-;8-5+,9-7+;. The van der Waals surface area contributed by atoms with Crippen LogP contribution in [0.4, 0.5) is 5.69 Å². The van der Waals surface area contributed by atoms with Crippen LogP contribution in [-0.4, -0.2) is 30.1 Å². The Morgan fingerprint density at radius 3 is 2.21 bits per heavy atom. The van der Waals surface area contributed by atoms with Crippen LogP contribution in [0, 0.1) is 11.3 Å². The van der Waals surface area contributed by atoms with Gasteiger partial charge in [-0.25, -0.2) is 5.84 Å². The summed E-state index contributed by atoms with van der Waals surface area (Å²) in [6, 6.07) is 25.1. The number of nitrogens with zero attached hydrogens (tertiary/aromatic N) is 3. The molecule has 0 amide bonds. The number of para-hydroxylation sites is 1. The lowest BCUT2D eigenvalue weighted by molar-refractivity contribution is -0.128. The number of carbonyl (C=O) groups is 1. The van der Waals surface area contributed by atoms with Crippen molar-refractivity contribution in [1.29, 1.82) is 5.26 Å². The minimum absolute atomic E-state index is 0.403. The predicted octanol–water partition coefficient (Wildman–Crippen LogP) is 7.06. The number of nitrogens with one attached hydrogen (secondary N) is 2. The van der Waals surface area contributed by atoms with Gasteiger partial charge in [0.05, 0.1) is 12.7 Å². The van der Waals surface area contributed by atoms with E-state index in [9.17, 15) is 4.79 Å². The zero-order chi connectivity index (χ0) is 31.9. The Hall–Kier alpha value is -5.07. The van der Waals surface area contributed by atoms with E-state index >= 15 is 0 Å². The van der Waals surface area contributed by atoms with Crippen molar-refractivity contribution in [1.82, 2.24) is 15.3 Å². The summed E-state index contributed by atoms with van der Waals surface area (Å²) < 4.78 is 10.2. The molecule has 0 radical (unpaired) electrons. The molecule has 0 saturated heterocycles. The number of carbonyl (C=O) groups excluding carboxylic acids is 1. The Balaban J connectivity index is 0.000000347. The number of nitriles is 1. The number of anilines is 1. The number of nitrogens with two attached hydrogens (primary N) is 1. The van der Waals surface area contributed by atoms with Gasteiger partial charge >= 0.3 is 0 Å². The van der Waals surface area contributed by atoms with Crippen LogP contribution in [0.15, 0.2) is 114 Å². The summed E-state index contributed by atoms with van der Waals surface area (Å²) in [5.74, 6) is 7.32. The first-order valence-electron chi connectivity index (χ1n) is 14.0. The van der Waals surface area contributed by atoms with E-state index in [-0.39, 0.29) is 0 Å². The predicted molar refractivity (Wildman–Crippen MR) is 173 cm³/mol. The van der Waals surface area contributed by atoms with Gasteiger partial charge in [0, 0.05) is 59.9 Å². The van der Waals surface area contributed by atoms with Crippen LogP contribution in [0.5, 0.6) is 11.5 Å². The number of pyridine rings is 1. The van der Waals surface area contributed by atoms with Gasteiger partial charge in [-0.15, -0.1) is 0 Å². The number of aromatic nitrogens is 1. The highest BCUT2D eigenvalue weighted by Crippen LogP contribution is 2.23. The number of allylic oxidation sites excluding steroid dienone is 5. The Morgan fingerprint density at radius 1 is 1.02 bits per heavy atom. The number of benzene rings is 2. The molecule has 9 nitrogen and oxygen atoms in total. The second-order valence-electron chi connectivity index (χ2n) is 9.06. The van der Waals surface area contributed by atoms with Crippen molar-refractivity contribution in [3.05, 3.63) is 120 Å². The Labute approximate surface area is 256 Å². The van der Waals surface area contributed by atoms with Crippen LogP contribution in [-0.2, 0) is 16.0 Å². The molecule has 3 aromatic rings. The van der Waals surface area contributed by atoms with Crippen LogP contribution >= 0.6 is 0 Å². The average molecular weight is 585 g/mol. The van der Waals surface area contributed by atoms with Gasteiger partial charge in [-0.2, -0.15) is 5.26 Å². The molecule has 0 bridgehead atoms. The lowest BCUT2D eigenvalue weighted by atomic mass is 10.2. The van der Waals surface area contributed by atoms with Crippen molar-refractivity contribution in [2.75, 3.05) is 19.0 Å². The molecule has 0 fully saturated rings. The van der Waals surface area contributed by atoms with Gasteiger partial charge in [0.15, 0.2) is 0 Å². The first-order chi connectivity index (χ1) is 20.8. The second-order valence-corrected chi connectivity index (χ2v) is 9.06. The van der Waals surface area contributed by atoms with Crippen molar-refractivity contribution in [3.8, 4) is 17.6 Å². The van der Waals surface area contributed by atoms with Crippen LogP contribution < -0.4 is 21.2 Å². The zero-order valence-corrected chi connectivity index (χ0v) is 26.0. The van der Waals surface area contributed by atoms with Gasteiger partial charge in [0.1, 0.15) is 11.5 Å².